The van der Waals surface area contributed by atoms with Crippen molar-refractivity contribution in [1.82, 2.24) is 0 Å². The van der Waals surface area contributed by atoms with Crippen molar-refractivity contribution >= 4 is 5.69 Å². The fraction of sp³-hybridized carbons (Fsp3) is 0.294. The molecule has 0 aromatic heterocycles. The van der Waals surface area contributed by atoms with Gasteiger partial charge in [-0.15, -0.1) is 0 Å². The first-order chi connectivity index (χ1) is 9.78. The van der Waals surface area contributed by atoms with E-state index < -0.39 is 6.10 Å². The molecule has 1 aliphatic rings. The molecule has 1 unspecified atom stereocenters. The van der Waals surface area contributed by atoms with E-state index in [4.69, 9.17) is 4.74 Å². The fourth-order valence-electron chi connectivity index (χ4n) is 2.74. The van der Waals surface area contributed by atoms with E-state index in [2.05, 4.69) is 29.2 Å². The fourth-order valence-corrected chi connectivity index (χ4v) is 2.74. The van der Waals surface area contributed by atoms with E-state index in [0.717, 1.165) is 24.3 Å². The Morgan fingerprint density at radius 1 is 1.15 bits per heavy atom. The number of para-hydroxylation sites is 1. The van der Waals surface area contributed by atoms with Crippen molar-refractivity contribution in [2.75, 3.05) is 25.1 Å². The summed E-state index contributed by atoms with van der Waals surface area (Å²) in [6, 6.07) is 16.0. The van der Waals surface area contributed by atoms with Crippen LogP contribution in [-0.2, 0) is 6.42 Å². The largest absolute Gasteiger partial charge is 0.497 e. The molecule has 0 aliphatic carbocycles. The Balaban J connectivity index is 1.71. The summed E-state index contributed by atoms with van der Waals surface area (Å²) in [7, 11) is 1.65. The van der Waals surface area contributed by atoms with Crippen LogP contribution in [0.25, 0.3) is 0 Å². The van der Waals surface area contributed by atoms with Gasteiger partial charge in [-0.2, -0.15) is 0 Å². The van der Waals surface area contributed by atoms with Crippen LogP contribution >= 0.6 is 0 Å². The molecule has 0 spiro atoms. The Bertz CT molecular complexity index is 580. The Morgan fingerprint density at radius 2 is 1.90 bits per heavy atom. The maximum Gasteiger partial charge on any atom is 0.118 e. The number of anilines is 1. The maximum atomic E-state index is 10.4. The van der Waals surface area contributed by atoms with Crippen LogP contribution in [-0.4, -0.2) is 25.3 Å². The van der Waals surface area contributed by atoms with E-state index in [1.54, 1.807) is 7.11 Å². The molecule has 2 aromatic rings. The van der Waals surface area contributed by atoms with Gasteiger partial charge in [0, 0.05) is 18.8 Å². The Hall–Kier alpha value is -2.00. The number of aliphatic hydroxyl groups excluding tert-OH is 1. The van der Waals surface area contributed by atoms with Gasteiger partial charge in [-0.1, -0.05) is 30.3 Å². The van der Waals surface area contributed by atoms with E-state index >= 15 is 0 Å². The second-order valence-corrected chi connectivity index (χ2v) is 5.11. The van der Waals surface area contributed by atoms with Gasteiger partial charge in [0.15, 0.2) is 0 Å². The Labute approximate surface area is 119 Å². The van der Waals surface area contributed by atoms with Crippen LogP contribution in [0.3, 0.4) is 0 Å². The molecule has 3 nitrogen and oxygen atoms in total. The van der Waals surface area contributed by atoms with Crippen molar-refractivity contribution in [3.05, 3.63) is 59.7 Å². The van der Waals surface area contributed by atoms with Gasteiger partial charge in [0.2, 0.25) is 0 Å². The molecule has 0 saturated heterocycles. The van der Waals surface area contributed by atoms with E-state index in [9.17, 15) is 5.11 Å². The topological polar surface area (TPSA) is 32.7 Å². The first-order valence-electron chi connectivity index (χ1n) is 6.93. The van der Waals surface area contributed by atoms with Crippen molar-refractivity contribution in [2.24, 2.45) is 0 Å². The summed E-state index contributed by atoms with van der Waals surface area (Å²) in [5, 5.41) is 10.4. The summed E-state index contributed by atoms with van der Waals surface area (Å²) >= 11 is 0. The minimum absolute atomic E-state index is 0.480. The molecule has 3 rings (SSSR count). The molecule has 20 heavy (non-hydrogen) atoms. The summed E-state index contributed by atoms with van der Waals surface area (Å²) in [6.07, 6.45) is 0.581. The summed E-state index contributed by atoms with van der Waals surface area (Å²) in [5.74, 6) is 0.812. The number of nitrogens with zero attached hydrogens (tertiary/aromatic N) is 1. The van der Waals surface area contributed by atoms with Gasteiger partial charge >= 0.3 is 0 Å². The second-order valence-electron chi connectivity index (χ2n) is 5.11. The van der Waals surface area contributed by atoms with Crippen molar-refractivity contribution < 1.29 is 9.84 Å². The Morgan fingerprint density at radius 3 is 2.65 bits per heavy atom. The third-order valence-electron chi connectivity index (χ3n) is 3.88. The molecular weight excluding hydrogens is 250 g/mol. The lowest BCUT2D eigenvalue weighted by Crippen LogP contribution is -2.26. The monoisotopic (exact) mass is 269 g/mol. The van der Waals surface area contributed by atoms with Gasteiger partial charge in [0.05, 0.1) is 13.2 Å². The van der Waals surface area contributed by atoms with Crippen molar-refractivity contribution in [2.45, 2.75) is 12.5 Å². The van der Waals surface area contributed by atoms with Crippen LogP contribution < -0.4 is 9.64 Å². The molecule has 0 amide bonds. The zero-order valence-electron chi connectivity index (χ0n) is 11.6. The summed E-state index contributed by atoms with van der Waals surface area (Å²) in [4.78, 5) is 2.25. The molecule has 3 heteroatoms. The number of methoxy groups -OCH3 is 1. The van der Waals surface area contributed by atoms with Gasteiger partial charge in [-0.3, -0.25) is 0 Å². The summed E-state index contributed by atoms with van der Waals surface area (Å²) in [6.45, 7) is 1.61. The minimum Gasteiger partial charge on any atom is -0.497 e. The zero-order valence-corrected chi connectivity index (χ0v) is 11.6. The molecule has 1 heterocycles. The number of aliphatic hydroxyl groups is 1. The average molecular weight is 269 g/mol. The Kier molecular flexibility index (Phi) is 3.61. The number of ether oxygens (including phenoxy) is 1. The van der Waals surface area contributed by atoms with Gasteiger partial charge < -0.3 is 14.7 Å². The van der Waals surface area contributed by atoms with Gasteiger partial charge in [-0.25, -0.2) is 0 Å². The van der Waals surface area contributed by atoms with E-state index in [1.807, 2.05) is 24.3 Å². The average Bonchev–Trinajstić information content (AvgIpc) is 2.91. The lowest BCUT2D eigenvalue weighted by Gasteiger charge is -2.23. The normalized spacial score (nSPS) is 15.0. The van der Waals surface area contributed by atoms with Crippen LogP contribution in [0, 0.1) is 0 Å². The van der Waals surface area contributed by atoms with Gasteiger partial charge in [0.25, 0.3) is 0 Å². The van der Waals surface area contributed by atoms with Crippen LogP contribution in [0.1, 0.15) is 17.2 Å². The number of fused-ring (bicyclic) bond motifs is 1. The molecule has 1 atom stereocenters. The van der Waals surface area contributed by atoms with Gasteiger partial charge in [-0.05, 0) is 35.7 Å². The minimum atomic E-state index is -0.480. The van der Waals surface area contributed by atoms with E-state index in [-0.39, 0.29) is 0 Å². The quantitative estimate of drug-likeness (QED) is 0.926. The molecule has 0 fully saturated rings. The van der Waals surface area contributed by atoms with Crippen molar-refractivity contribution in [1.29, 1.82) is 0 Å². The molecule has 104 valence electrons. The zero-order chi connectivity index (χ0) is 13.9. The number of β-amino-alcohol motifs (C(OH)–C–C–N with tert-alkyl or cyclic N) is 1. The maximum absolute atomic E-state index is 10.4. The van der Waals surface area contributed by atoms with Crippen molar-refractivity contribution in [3.63, 3.8) is 0 Å². The van der Waals surface area contributed by atoms with E-state index in [1.165, 1.54) is 11.3 Å². The molecule has 2 aromatic carbocycles. The highest BCUT2D eigenvalue weighted by Gasteiger charge is 2.21. The first kappa shape index (κ1) is 13.0. The molecule has 1 N–H and O–H groups in total. The van der Waals surface area contributed by atoms with Crippen LogP contribution in [0.15, 0.2) is 48.5 Å². The second kappa shape index (κ2) is 5.55. The van der Waals surface area contributed by atoms with Crippen LogP contribution in [0.5, 0.6) is 5.75 Å². The molecular formula is C17H19NO2. The number of hydrogen-bond acceptors (Lipinski definition) is 3. The smallest absolute Gasteiger partial charge is 0.118 e. The standard InChI is InChI=1S/C17H19NO2/c1-20-15-8-6-14(7-9-15)17(19)12-18-11-10-13-4-2-3-5-16(13)18/h2-9,17,19H,10-12H2,1H3. The summed E-state index contributed by atoms with van der Waals surface area (Å²) < 4.78 is 5.14. The highest BCUT2D eigenvalue weighted by Crippen LogP contribution is 2.29. The SMILES string of the molecule is COc1ccc(C(O)CN2CCc3ccccc32)cc1. The lowest BCUT2D eigenvalue weighted by atomic mass is 10.1. The van der Waals surface area contributed by atoms with Crippen LogP contribution in [0.4, 0.5) is 5.69 Å². The van der Waals surface area contributed by atoms with E-state index in [0.29, 0.717) is 6.54 Å². The first-order valence-corrected chi connectivity index (χ1v) is 6.93. The number of hydrogen-bond donors (Lipinski definition) is 1. The number of rotatable bonds is 4. The number of benzene rings is 2. The highest BCUT2D eigenvalue weighted by molar-refractivity contribution is 5.58. The van der Waals surface area contributed by atoms with Crippen molar-refractivity contribution in [3.8, 4) is 5.75 Å². The molecule has 1 aliphatic heterocycles. The van der Waals surface area contributed by atoms with Gasteiger partial charge in [0.1, 0.15) is 5.75 Å². The highest BCUT2D eigenvalue weighted by atomic mass is 16.5. The third-order valence-corrected chi connectivity index (χ3v) is 3.88. The predicted molar refractivity (Wildman–Crippen MR) is 80.3 cm³/mol. The molecule has 0 radical (unpaired) electrons. The molecule has 0 bridgehead atoms. The summed E-state index contributed by atoms with van der Waals surface area (Å²) in [5.41, 5.74) is 3.55. The third kappa shape index (κ3) is 2.49. The van der Waals surface area contributed by atoms with Crippen LogP contribution in [0.2, 0.25) is 0 Å². The predicted octanol–water partition coefficient (Wildman–Crippen LogP) is 2.79. The molecule has 0 saturated carbocycles. The lowest BCUT2D eigenvalue weighted by molar-refractivity contribution is 0.184.